The zero-order valence-electron chi connectivity index (χ0n) is 17.2. The molecule has 0 saturated carbocycles. The van der Waals surface area contributed by atoms with E-state index in [4.69, 9.17) is 4.52 Å². The Bertz CT molecular complexity index is 1100. The zero-order valence-corrected chi connectivity index (χ0v) is 17.2. The van der Waals surface area contributed by atoms with Crippen LogP contribution >= 0.6 is 0 Å². The lowest BCUT2D eigenvalue weighted by Gasteiger charge is -2.13. The minimum atomic E-state index is -4.52. The molecule has 0 fully saturated rings. The number of carbonyl (C=O) groups is 2. The Balaban J connectivity index is 1.61. The summed E-state index contributed by atoms with van der Waals surface area (Å²) in [4.78, 5) is 29.1. The van der Waals surface area contributed by atoms with Crippen LogP contribution in [0.3, 0.4) is 0 Å². The van der Waals surface area contributed by atoms with E-state index in [-0.39, 0.29) is 29.3 Å². The fourth-order valence-electron chi connectivity index (χ4n) is 2.91. The summed E-state index contributed by atoms with van der Waals surface area (Å²) in [5.41, 5.74) is -0.489. The first kappa shape index (κ1) is 23.0. The van der Waals surface area contributed by atoms with E-state index in [0.717, 1.165) is 12.1 Å². The highest BCUT2D eigenvalue weighted by atomic mass is 19.4. The van der Waals surface area contributed by atoms with E-state index >= 15 is 0 Å². The molecule has 1 heterocycles. The number of aryl methyl sites for hydroxylation is 2. The molecule has 0 bridgehead atoms. The summed E-state index contributed by atoms with van der Waals surface area (Å²) >= 11 is 0. The third-order valence-corrected chi connectivity index (χ3v) is 4.51. The second-order valence-electron chi connectivity index (χ2n) is 6.94. The van der Waals surface area contributed by atoms with E-state index in [1.165, 1.54) is 18.2 Å². The molecule has 10 heteroatoms. The number of rotatable bonds is 8. The van der Waals surface area contributed by atoms with Gasteiger partial charge in [-0.2, -0.15) is 18.2 Å². The van der Waals surface area contributed by atoms with E-state index in [9.17, 15) is 22.8 Å². The quantitative estimate of drug-likeness (QED) is 0.515. The highest BCUT2D eigenvalue weighted by Gasteiger charge is 2.30. The van der Waals surface area contributed by atoms with Crippen LogP contribution in [-0.2, 0) is 23.8 Å². The van der Waals surface area contributed by atoms with E-state index in [0.29, 0.717) is 31.0 Å². The van der Waals surface area contributed by atoms with Crippen LogP contribution in [0.2, 0.25) is 0 Å². The summed E-state index contributed by atoms with van der Waals surface area (Å²) in [5, 5.41) is 8.90. The van der Waals surface area contributed by atoms with Crippen molar-refractivity contribution >= 4 is 23.2 Å². The number of para-hydroxylation sites is 1. The minimum Gasteiger partial charge on any atom is -0.339 e. The molecule has 0 radical (unpaired) electrons. The molecule has 0 atom stereocenters. The number of halogens is 3. The maximum absolute atomic E-state index is 12.9. The predicted molar refractivity (Wildman–Crippen MR) is 111 cm³/mol. The molecule has 168 valence electrons. The first-order valence-corrected chi connectivity index (χ1v) is 9.95. The topological polar surface area (TPSA) is 97.1 Å². The zero-order chi connectivity index (χ0) is 23.1. The van der Waals surface area contributed by atoms with Gasteiger partial charge < -0.3 is 15.2 Å². The summed E-state index contributed by atoms with van der Waals surface area (Å²) in [6.07, 6.45) is -2.80. The number of amides is 2. The molecular weight excluding hydrogens is 425 g/mol. The van der Waals surface area contributed by atoms with Gasteiger partial charge in [-0.3, -0.25) is 9.59 Å². The molecular formula is C22H21F3N4O3. The van der Waals surface area contributed by atoms with Crippen molar-refractivity contribution < 1.29 is 27.3 Å². The number of alkyl halides is 3. The van der Waals surface area contributed by atoms with Crippen molar-refractivity contribution in [3.05, 3.63) is 71.4 Å². The molecule has 0 spiro atoms. The lowest BCUT2D eigenvalue weighted by Crippen LogP contribution is -2.18. The summed E-state index contributed by atoms with van der Waals surface area (Å²) in [6, 6.07) is 10.6. The molecule has 0 aliphatic heterocycles. The van der Waals surface area contributed by atoms with Crippen molar-refractivity contribution in [1.29, 1.82) is 0 Å². The molecule has 2 N–H and O–H groups in total. The van der Waals surface area contributed by atoms with Crippen LogP contribution in [0, 0.1) is 0 Å². The van der Waals surface area contributed by atoms with Gasteiger partial charge in [0.2, 0.25) is 11.8 Å². The van der Waals surface area contributed by atoms with Gasteiger partial charge in [0.1, 0.15) is 0 Å². The Kier molecular flexibility index (Phi) is 7.24. The maximum Gasteiger partial charge on any atom is 0.416 e. The lowest BCUT2D eigenvalue weighted by molar-refractivity contribution is -0.137. The number of aromatic nitrogens is 2. The SMILES string of the molecule is CCc1noc(CCCC(=O)Nc2ccccc2C(=O)Nc2cccc(C(F)(F)F)c2)n1. The number of nitrogens with zero attached hydrogens (tertiary/aromatic N) is 2. The standard InChI is InChI=1S/C22H21F3N4O3/c1-2-18-28-20(32-29-18)12-6-11-19(30)27-17-10-4-3-9-16(17)21(31)26-15-8-5-7-14(13-15)22(23,24)25/h3-5,7-10,13H,2,6,11-12H2,1H3,(H,26,31)(H,27,30). The predicted octanol–water partition coefficient (Wildman–Crippen LogP) is 4.86. The number of hydrogen-bond acceptors (Lipinski definition) is 5. The summed E-state index contributed by atoms with van der Waals surface area (Å²) in [6.45, 7) is 1.91. The molecule has 32 heavy (non-hydrogen) atoms. The van der Waals surface area contributed by atoms with Gasteiger partial charge in [-0.15, -0.1) is 0 Å². The summed E-state index contributed by atoms with van der Waals surface area (Å²) in [7, 11) is 0. The Morgan fingerprint density at radius 3 is 2.56 bits per heavy atom. The van der Waals surface area contributed by atoms with Gasteiger partial charge in [0, 0.05) is 24.9 Å². The van der Waals surface area contributed by atoms with E-state index in [2.05, 4.69) is 20.8 Å². The van der Waals surface area contributed by atoms with Crippen LogP contribution in [-0.4, -0.2) is 22.0 Å². The molecule has 1 aromatic heterocycles. The molecule has 3 rings (SSSR count). The van der Waals surface area contributed by atoms with Crippen molar-refractivity contribution in [2.75, 3.05) is 10.6 Å². The Labute approximate surface area is 182 Å². The lowest BCUT2D eigenvalue weighted by atomic mass is 10.1. The smallest absolute Gasteiger partial charge is 0.339 e. The monoisotopic (exact) mass is 446 g/mol. The van der Waals surface area contributed by atoms with Crippen molar-refractivity contribution in [1.82, 2.24) is 10.1 Å². The molecule has 7 nitrogen and oxygen atoms in total. The molecule has 0 saturated heterocycles. The van der Waals surface area contributed by atoms with Crippen LogP contribution in [0.4, 0.5) is 24.5 Å². The van der Waals surface area contributed by atoms with Gasteiger partial charge in [0.15, 0.2) is 5.82 Å². The molecule has 2 amide bonds. The fraction of sp³-hybridized carbons (Fsp3) is 0.273. The fourth-order valence-corrected chi connectivity index (χ4v) is 2.91. The number of anilines is 2. The van der Waals surface area contributed by atoms with Gasteiger partial charge in [0.25, 0.3) is 5.91 Å². The summed E-state index contributed by atoms with van der Waals surface area (Å²) in [5.74, 6) is 0.0957. The first-order valence-electron chi connectivity index (χ1n) is 9.95. The van der Waals surface area contributed by atoms with Crippen LogP contribution < -0.4 is 10.6 Å². The van der Waals surface area contributed by atoms with Crippen LogP contribution in [0.25, 0.3) is 0 Å². The molecule has 0 unspecified atom stereocenters. The van der Waals surface area contributed by atoms with Gasteiger partial charge in [0.05, 0.1) is 16.8 Å². The van der Waals surface area contributed by atoms with Crippen LogP contribution in [0.1, 0.15) is 47.4 Å². The molecule has 0 aliphatic carbocycles. The number of benzene rings is 2. The second-order valence-corrected chi connectivity index (χ2v) is 6.94. The van der Waals surface area contributed by atoms with E-state index in [1.807, 2.05) is 6.92 Å². The average Bonchev–Trinajstić information content (AvgIpc) is 3.21. The van der Waals surface area contributed by atoms with Gasteiger partial charge in [-0.05, 0) is 36.8 Å². The second kappa shape index (κ2) is 10.1. The van der Waals surface area contributed by atoms with Gasteiger partial charge in [-0.25, -0.2) is 0 Å². The molecule has 2 aromatic carbocycles. The van der Waals surface area contributed by atoms with Crippen molar-refractivity contribution in [2.45, 2.75) is 38.8 Å². The van der Waals surface area contributed by atoms with Gasteiger partial charge in [-0.1, -0.05) is 30.3 Å². The Morgan fingerprint density at radius 1 is 1.06 bits per heavy atom. The number of hydrogen-bond donors (Lipinski definition) is 2. The third-order valence-electron chi connectivity index (χ3n) is 4.51. The Morgan fingerprint density at radius 2 is 1.84 bits per heavy atom. The van der Waals surface area contributed by atoms with Crippen LogP contribution in [0.5, 0.6) is 0 Å². The van der Waals surface area contributed by atoms with Crippen molar-refractivity contribution in [3.8, 4) is 0 Å². The van der Waals surface area contributed by atoms with E-state index in [1.54, 1.807) is 18.2 Å². The Hall–Kier alpha value is -3.69. The number of nitrogens with one attached hydrogen (secondary N) is 2. The van der Waals surface area contributed by atoms with E-state index < -0.39 is 17.6 Å². The van der Waals surface area contributed by atoms with Crippen molar-refractivity contribution in [3.63, 3.8) is 0 Å². The number of carbonyl (C=O) groups excluding carboxylic acids is 2. The summed E-state index contributed by atoms with van der Waals surface area (Å²) < 4.78 is 43.8. The van der Waals surface area contributed by atoms with Gasteiger partial charge >= 0.3 is 6.18 Å². The highest BCUT2D eigenvalue weighted by molar-refractivity contribution is 6.10. The normalized spacial score (nSPS) is 11.2. The van der Waals surface area contributed by atoms with Crippen molar-refractivity contribution in [2.24, 2.45) is 0 Å². The largest absolute Gasteiger partial charge is 0.416 e. The highest BCUT2D eigenvalue weighted by Crippen LogP contribution is 2.31. The van der Waals surface area contributed by atoms with Crippen LogP contribution in [0.15, 0.2) is 53.1 Å². The minimum absolute atomic E-state index is 0.00281. The molecule has 3 aromatic rings. The first-order chi connectivity index (χ1) is 15.3. The maximum atomic E-state index is 12.9. The third kappa shape index (κ3) is 6.16. The molecule has 0 aliphatic rings. The average molecular weight is 446 g/mol.